The molecule has 2 aliphatic rings. The van der Waals surface area contributed by atoms with Crippen molar-refractivity contribution in [3.8, 4) is 6.07 Å². The van der Waals surface area contributed by atoms with Crippen molar-refractivity contribution in [1.29, 1.82) is 5.26 Å². The normalized spacial score (nSPS) is 20.7. The van der Waals surface area contributed by atoms with E-state index in [1.165, 1.54) is 12.8 Å². The molecule has 2 saturated heterocycles. The Kier molecular flexibility index (Phi) is 11.0. The van der Waals surface area contributed by atoms with Gasteiger partial charge in [0.2, 0.25) is 5.91 Å². The summed E-state index contributed by atoms with van der Waals surface area (Å²) in [6, 6.07) is 11.2. The molecule has 208 valence electrons. The van der Waals surface area contributed by atoms with Gasteiger partial charge >= 0.3 is 13.2 Å². The summed E-state index contributed by atoms with van der Waals surface area (Å²) in [5, 5.41) is 32.0. The minimum absolute atomic E-state index is 0.0110. The largest absolute Gasteiger partial charge is 0.475 e. The van der Waals surface area contributed by atoms with E-state index in [-0.39, 0.29) is 36.4 Å². The van der Waals surface area contributed by atoms with Gasteiger partial charge in [-0.3, -0.25) is 9.69 Å². The molecule has 2 unspecified atom stereocenters. The SMILES string of the molecule is CC(CC(C)(C)N1CCCC1)C(C#N)C(=O)N1CCCC[C@@H]1COC(=O)N[C@@H](Cc1ccccc1)B(O)O. The molecule has 3 N–H and O–H groups in total. The number of piperidine rings is 1. The minimum Gasteiger partial charge on any atom is -0.447 e. The molecule has 2 aliphatic heterocycles. The van der Waals surface area contributed by atoms with Gasteiger partial charge in [0.25, 0.3) is 0 Å². The van der Waals surface area contributed by atoms with Crippen molar-refractivity contribution < 1.29 is 24.4 Å². The zero-order valence-corrected chi connectivity index (χ0v) is 23.0. The number of benzene rings is 1. The number of rotatable bonds is 11. The second kappa shape index (κ2) is 14.0. The molecule has 0 bridgehead atoms. The zero-order valence-electron chi connectivity index (χ0n) is 23.0. The van der Waals surface area contributed by atoms with E-state index in [4.69, 9.17) is 4.74 Å². The van der Waals surface area contributed by atoms with Crippen LogP contribution in [0.5, 0.6) is 0 Å². The Hall–Kier alpha value is -2.61. The third-order valence-electron chi connectivity index (χ3n) is 8.04. The number of alkyl carbamates (subject to hydrolysis) is 1. The van der Waals surface area contributed by atoms with Gasteiger partial charge in [-0.15, -0.1) is 0 Å². The summed E-state index contributed by atoms with van der Waals surface area (Å²) in [6.45, 7) is 9.00. The highest BCUT2D eigenvalue weighted by Crippen LogP contribution is 2.32. The maximum Gasteiger partial charge on any atom is 0.475 e. The molecule has 2 amide bonds. The molecule has 1 aromatic carbocycles. The zero-order chi connectivity index (χ0) is 27.7. The van der Waals surface area contributed by atoms with Crippen LogP contribution in [0.25, 0.3) is 0 Å². The van der Waals surface area contributed by atoms with Crippen molar-refractivity contribution in [2.24, 2.45) is 11.8 Å². The fourth-order valence-corrected chi connectivity index (χ4v) is 5.89. The molecule has 10 heteroatoms. The Morgan fingerprint density at radius 3 is 2.45 bits per heavy atom. The maximum absolute atomic E-state index is 13.6. The standard InChI is InChI=1S/C28H43BN4O5/c1-21(18-28(2,3)32-14-9-10-15-32)24(19-30)26(34)33-16-8-7-13-23(33)20-38-27(35)31-25(29(36)37)17-22-11-5-4-6-12-22/h4-6,11-12,21,23-25,36-37H,7-10,13-18,20H2,1-3H3,(H,31,35)/t21?,23-,24?,25+/m1/s1. The summed E-state index contributed by atoms with van der Waals surface area (Å²) in [7, 11) is -1.75. The first-order chi connectivity index (χ1) is 18.1. The first kappa shape index (κ1) is 29.9. The molecule has 38 heavy (non-hydrogen) atoms. The lowest BCUT2D eigenvalue weighted by molar-refractivity contribution is -0.140. The van der Waals surface area contributed by atoms with Crippen LogP contribution in [0.2, 0.25) is 0 Å². The number of nitrogens with zero attached hydrogens (tertiary/aromatic N) is 3. The van der Waals surface area contributed by atoms with E-state index in [1.54, 1.807) is 4.90 Å². The van der Waals surface area contributed by atoms with Gasteiger partial charge in [-0.05, 0) is 83.4 Å². The minimum atomic E-state index is -1.75. The number of nitriles is 1. The van der Waals surface area contributed by atoms with Crippen molar-refractivity contribution >= 4 is 19.1 Å². The molecule has 1 aromatic rings. The van der Waals surface area contributed by atoms with Gasteiger partial charge in [-0.2, -0.15) is 5.26 Å². The van der Waals surface area contributed by atoms with E-state index in [2.05, 4.69) is 30.1 Å². The van der Waals surface area contributed by atoms with Crippen LogP contribution < -0.4 is 5.32 Å². The summed E-state index contributed by atoms with van der Waals surface area (Å²) < 4.78 is 5.45. The molecule has 2 heterocycles. The van der Waals surface area contributed by atoms with E-state index in [0.717, 1.165) is 37.9 Å². The summed E-state index contributed by atoms with van der Waals surface area (Å²) in [6.07, 6.45) is 5.02. The molecule has 0 aromatic heterocycles. The number of amides is 2. The lowest BCUT2D eigenvalue weighted by Crippen LogP contribution is -2.52. The highest BCUT2D eigenvalue weighted by Gasteiger charge is 2.39. The first-order valence-electron chi connectivity index (χ1n) is 13.9. The second-order valence-electron chi connectivity index (χ2n) is 11.4. The topological polar surface area (TPSA) is 126 Å². The summed E-state index contributed by atoms with van der Waals surface area (Å²) >= 11 is 0. The smallest absolute Gasteiger partial charge is 0.447 e. The van der Waals surface area contributed by atoms with E-state index < -0.39 is 25.1 Å². The Morgan fingerprint density at radius 2 is 1.82 bits per heavy atom. The molecule has 4 atom stereocenters. The van der Waals surface area contributed by atoms with E-state index in [9.17, 15) is 24.9 Å². The van der Waals surface area contributed by atoms with Crippen LogP contribution in [0, 0.1) is 23.2 Å². The highest BCUT2D eigenvalue weighted by atomic mass is 16.5. The first-order valence-corrected chi connectivity index (χ1v) is 13.9. The van der Waals surface area contributed by atoms with Gasteiger partial charge in [-0.1, -0.05) is 37.3 Å². The molecule has 9 nitrogen and oxygen atoms in total. The molecule has 3 rings (SSSR count). The lowest BCUT2D eigenvalue weighted by atomic mass is 9.76. The van der Waals surface area contributed by atoms with Crippen LogP contribution >= 0.6 is 0 Å². The van der Waals surface area contributed by atoms with Gasteiger partial charge in [0.05, 0.1) is 18.1 Å². The molecule has 0 radical (unpaired) electrons. The Morgan fingerprint density at radius 1 is 1.16 bits per heavy atom. The van der Waals surface area contributed by atoms with Crippen molar-refractivity contribution in [3.05, 3.63) is 35.9 Å². The fourth-order valence-electron chi connectivity index (χ4n) is 5.89. The van der Waals surface area contributed by atoms with Gasteiger partial charge < -0.3 is 25.0 Å². The fraction of sp³-hybridized carbons (Fsp3) is 0.679. The van der Waals surface area contributed by atoms with Crippen LogP contribution in [0.15, 0.2) is 30.3 Å². The number of nitrogens with one attached hydrogen (secondary N) is 1. The quantitative estimate of drug-likeness (QED) is 0.379. The van der Waals surface area contributed by atoms with Gasteiger partial charge in [-0.25, -0.2) is 4.79 Å². The van der Waals surface area contributed by atoms with Crippen molar-refractivity contribution in [2.75, 3.05) is 26.2 Å². The Bertz CT molecular complexity index is 948. The molecule has 2 fully saturated rings. The monoisotopic (exact) mass is 526 g/mol. The predicted octanol–water partition coefficient (Wildman–Crippen LogP) is 2.76. The van der Waals surface area contributed by atoms with E-state index in [1.807, 2.05) is 37.3 Å². The molecule has 0 saturated carbocycles. The average molecular weight is 526 g/mol. The van der Waals surface area contributed by atoms with Crippen LogP contribution in [0.4, 0.5) is 4.79 Å². The highest BCUT2D eigenvalue weighted by molar-refractivity contribution is 6.43. The molecule has 0 spiro atoms. The molecular weight excluding hydrogens is 483 g/mol. The third kappa shape index (κ3) is 8.19. The van der Waals surface area contributed by atoms with Crippen LogP contribution in [0.1, 0.15) is 64.9 Å². The number of likely N-dealkylation sites (tertiary alicyclic amines) is 2. The van der Waals surface area contributed by atoms with Gasteiger partial charge in [0.1, 0.15) is 12.5 Å². The Balaban J connectivity index is 1.57. The van der Waals surface area contributed by atoms with Gasteiger partial charge in [0, 0.05) is 12.1 Å². The van der Waals surface area contributed by atoms with Crippen LogP contribution in [0.3, 0.4) is 0 Å². The molecule has 0 aliphatic carbocycles. The number of hydrogen-bond acceptors (Lipinski definition) is 7. The second-order valence-corrected chi connectivity index (χ2v) is 11.4. The number of carbonyl (C=O) groups is 2. The van der Waals surface area contributed by atoms with E-state index in [0.29, 0.717) is 13.0 Å². The average Bonchev–Trinajstić information content (AvgIpc) is 3.44. The van der Waals surface area contributed by atoms with E-state index >= 15 is 0 Å². The Labute approximate surface area is 227 Å². The summed E-state index contributed by atoms with van der Waals surface area (Å²) in [5.74, 6) is -2.00. The lowest BCUT2D eigenvalue weighted by Gasteiger charge is -2.40. The summed E-state index contributed by atoms with van der Waals surface area (Å²) in [4.78, 5) is 30.3. The van der Waals surface area contributed by atoms with Crippen molar-refractivity contribution in [2.45, 2.75) is 83.2 Å². The number of ether oxygens (including phenoxy) is 1. The van der Waals surface area contributed by atoms with Gasteiger partial charge in [0.15, 0.2) is 0 Å². The number of hydrogen-bond donors (Lipinski definition) is 3. The van der Waals surface area contributed by atoms with Crippen molar-refractivity contribution in [3.63, 3.8) is 0 Å². The van der Waals surface area contributed by atoms with Crippen molar-refractivity contribution in [1.82, 2.24) is 15.1 Å². The summed E-state index contributed by atoms with van der Waals surface area (Å²) in [5.41, 5.74) is 0.765. The van der Waals surface area contributed by atoms with Crippen LogP contribution in [-0.4, -0.2) is 82.7 Å². The third-order valence-corrected chi connectivity index (χ3v) is 8.04. The maximum atomic E-state index is 13.6. The van der Waals surface area contributed by atoms with Crippen LogP contribution in [-0.2, 0) is 16.0 Å². The number of carbonyl (C=O) groups excluding carboxylic acids is 2. The predicted molar refractivity (Wildman–Crippen MR) is 146 cm³/mol. The molecular formula is C28H43BN4O5.